The minimum atomic E-state index is -3.60. The molecule has 3 amide bonds. The zero-order valence-corrected chi connectivity index (χ0v) is 18.0. The Labute approximate surface area is 179 Å². The number of sulfonamides is 1. The topological polar surface area (TPSA) is 104 Å². The molecular formula is C19H23N3O6S2. The fourth-order valence-electron chi connectivity index (χ4n) is 3.93. The van der Waals surface area contributed by atoms with Crippen LogP contribution in [0.25, 0.3) is 0 Å². The summed E-state index contributed by atoms with van der Waals surface area (Å²) in [6.07, 6.45) is 1.10. The highest BCUT2D eigenvalue weighted by Gasteiger charge is 2.38. The standard InChI is InChI=1S/C19H23N3O6S2/c23-17-13-29-19(25)22(17)15-5-7-20(8-6-15)18(24)14-1-3-16(4-2-14)30(26,27)21-9-11-28-12-10-21/h1-4,15H,5-13H2. The predicted octanol–water partition coefficient (Wildman–Crippen LogP) is 1.01. The minimum absolute atomic E-state index is 0.156. The number of rotatable bonds is 4. The molecule has 4 rings (SSSR count). The highest BCUT2D eigenvalue weighted by molar-refractivity contribution is 8.14. The Morgan fingerprint density at radius 2 is 1.63 bits per heavy atom. The van der Waals surface area contributed by atoms with E-state index in [9.17, 15) is 22.8 Å². The lowest BCUT2D eigenvalue weighted by atomic mass is 10.0. The molecule has 3 aliphatic rings. The van der Waals surface area contributed by atoms with Crippen molar-refractivity contribution in [2.24, 2.45) is 0 Å². The summed E-state index contributed by atoms with van der Waals surface area (Å²) < 4.78 is 32.0. The van der Waals surface area contributed by atoms with E-state index in [-0.39, 0.29) is 33.7 Å². The van der Waals surface area contributed by atoms with Gasteiger partial charge in [0.05, 0.1) is 23.9 Å². The van der Waals surface area contributed by atoms with E-state index < -0.39 is 10.0 Å². The summed E-state index contributed by atoms with van der Waals surface area (Å²) in [6, 6.07) is 5.83. The van der Waals surface area contributed by atoms with Crippen LogP contribution in [0.2, 0.25) is 0 Å². The first-order valence-corrected chi connectivity index (χ1v) is 12.3. The largest absolute Gasteiger partial charge is 0.379 e. The molecule has 0 saturated carbocycles. The average molecular weight is 454 g/mol. The zero-order chi connectivity index (χ0) is 21.3. The molecule has 0 aromatic heterocycles. The Hall–Kier alpha value is -1.95. The Kier molecular flexibility index (Phi) is 6.14. The number of ether oxygens (including phenoxy) is 1. The average Bonchev–Trinajstić information content (AvgIpc) is 3.12. The third-order valence-electron chi connectivity index (χ3n) is 5.61. The van der Waals surface area contributed by atoms with Crippen LogP contribution in [0.4, 0.5) is 4.79 Å². The monoisotopic (exact) mass is 453 g/mol. The number of carbonyl (C=O) groups is 3. The van der Waals surface area contributed by atoms with Gasteiger partial charge < -0.3 is 9.64 Å². The number of piperidine rings is 1. The van der Waals surface area contributed by atoms with Crippen molar-refractivity contribution in [3.63, 3.8) is 0 Å². The maximum absolute atomic E-state index is 12.8. The highest BCUT2D eigenvalue weighted by Crippen LogP contribution is 2.27. The predicted molar refractivity (Wildman–Crippen MR) is 110 cm³/mol. The number of benzene rings is 1. The fraction of sp³-hybridized carbons (Fsp3) is 0.526. The van der Waals surface area contributed by atoms with Crippen LogP contribution in [-0.2, 0) is 19.6 Å². The summed E-state index contributed by atoms with van der Waals surface area (Å²) in [5, 5.41) is -0.207. The molecule has 0 bridgehead atoms. The summed E-state index contributed by atoms with van der Waals surface area (Å²) in [7, 11) is -3.60. The third-order valence-corrected chi connectivity index (χ3v) is 8.36. The van der Waals surface area contributed by atoms with Gasteiger partial charge >= 0.3 is 0 Å². The summed E-state index contributed by atoms with van der Waals surface area (Å²) in [5.41, 5.74) is 0.415. The molecule has 162 valence electrons. The molecule has 3 saturated heterocycles. The van der Waals surface area contributed by atoms with Crippen LogP contribution in [0.15, 0.2) is 29.2 Å². The van der Waals surface area contributed by atoms with E-state index in [2.05, 4.69) is 0 Å². The van der Waals surface area contributed by atoms with Gasteiger partial charge in [0.15, 0.2) is 0 Å². The van der Waals surface area contributed by atoms with Gasteiger partial charge in [0, 0.05) is 37.8 Å². The SMILES string of the molecule is O=C(c1ccc(S(=O)(=O)N2CCOCC2)cc1)N1CCC(N2C(=O)CSC2=O)CC1. The quantitative estimate of drug-likeness (QED) is 0.670. The molecule has 0 spiro atoms. The maximum Gasteiger partial charge on any atom is 0.289 e. The van der Waals surface area contributed by atoms with Crippen molar-refractivity contribution in [2.45, 2.75) is 23.8 Å². The Morgan fingerprint density at radius 3 is 2.20 bits per heavy atom. The van der Waals surface area contributed by atoms with Crippen molar-refractivity contribution in [3.8, 4) is 0 Å². The summed E-state index contributed by atoms with van der Waals surface area (Å²) >= 11 is 1.02. The molecule has 3 fully saturated rings. The van der Waals surface area contributed by atoms with E-state index in [1.165, 1.54) is 33.5 Å². The summed E-state index contributed by atoms with van der Waals surface area (Å²) in [5.74, 6) is -0.151. The normalized spacial score (nSPS) is 22.0. The van der Waals surface area contributed by atoms with Gasteiger partial charge in [-0.2, -0.15) is 4.31 Å². The first kappa shape index (κ1) is 21.3. The van der Waals surface area contributed by atoms with E-state index in [0.717, 1.165) is 11.8 Å². The van der Waals surface area contributed by atoms with Crippen molar-refractivity contribution >= 4 is 38.8 Å². The molecule has 11 heteroatoms. The number of morpholine rings is 1. The Balaban J connectivity index is 1.38. The number of imide groups is 1. The molecule has 30 heavy (non-hydrogen) atoms. The second-order valence-corrected chi connectivity index (χ2v) is 10.2. The van der Waals surface area contributed by atoms with E-state index in [1.807, 2.05) is 0 Å². The van der Waals surface area contributed by atoms with Gasteiger partial charge in [-0.3, -0.25) is 19.3 Å². The van der Waals surface area contributed by atoms with E-state index in [4.69, 9.17) is 4.74 Å². The molecule has 0 atom stereocenters. The van der Waals surface area contributed by atoms with Gasteiger partial charge in [0.2, 0.25) is 15.9 Å². The van der Waals surface area contributed by atoms with Crippen LogP contribution in [0.5, 0.6) is 0 Å². The van der Waals surface area contributed by atoms with Gasteiger partial charge in [-0.25, -0.2) is 8.42 Å². The highest BCUT2D eigenvalue weighted by atomic mass is 32.2. The first-order valence-electron chi connectivity index (χ1n) is 9.84. The van der Waals surface area contributed by atoms with Gasteiger partial charge in [-0.15, -0.1) is 0 Å². The van der Waals surface area contributed by atoms with Crippen LogP contribution in [-0.4, -0.2) is 90.8 Å². The molecule has 3 heterocycles. The van der Waals surface area contributed by atoms with Crippen molar-refractivity contribution in [1.29, 1.82) is 0 Å². The number of likely N-dealkylation sites (tertiary alicyclic amines) is 1. The molecule has 0 aliphatic carbocycles. The van der Waals surface area contributed by atoms with Crippen molar-refractivity contribution in [1.82, 2.24) is 14.1 Å². The molecule has 1 aromatic carbocycles. The van der Waals surface area contributed by atoms with Crippen LogP contribution >= 0.6 is 11.8 Å². The summed E-state index contributed by atoms with van der Waals surface area (Å²) in [4.78, 5) is 39.8. The molecule has 1 aromatic rings. The summed E-state index contributed by atoms with van der Waals surface area (Å²) in [6.45, 7) is 2.27. The van der Waals surface area contributed by atoms with Gasteiger partial charge in [-0.05, 0) is 37.1 Å². The van der Waals surface area contributed by atoms with E-state index in [1.54, 1.807) is 4.90 Å². The van der Waals surface area contributed by atoms with Gasteiger partial charge in [0.1, 0.15) is 0 Å². The number of carbonyl (C=O) groups excluding carboxylic acids is 3. The van der Waals surface area contributed by atoms with E-state index in [0.29, 0.717) is 57.8 Å². The molecule has 0 radical (unpaired) electrons. The molecule has 3 aliphatic heterocycles. The number of amides is 3. The van der Waals surface area contributed by atoms with Crippen LogP contribution in [0.3, 0.4) is 0 Å². The zero-order valence-electron chi connectivity index (χ0n) is 16.4. The van der Waals surface area contributed by atoms with Gasteiger partial charge in [0.25, 0.3) is 11.1 Å². The lowest BCUT2D eigenvalue weighted by Gasteiger charge is -2.35. The van der Waals surface area contributed by atoms with Crippen molar-refractivity contribution in [2.75, 3.05) is 45.1 Å². The second kappa shape index (κ2) is 8.66. The number of nitrogens with zero attached hydrogens (tertiary/aromatic N) is 3. The fourth-order valence-corrected chi connectivity index (χ4v) is 6.12. The Morgan fingerprint density at radius 1 is 1.00 bits per heavy atom. The number of hydrogen-bond donors (Lipinski definition) is 0. The minimum Gasteiger partial charge on any atom is -0.379 e. The molecular weight excluding hydrogens is 430 g/mol. The molecule has 0 unspecified atom stereocenters. The second-order valence-electron chi connectivity index (χ2n) is 7.38. The van der Waals surface area contributed by atoms with Crippen LogP contribution in [0, 0.1) is 0 Å². The molecule has 9 nitrogen and oxygen atoms in total. The van der Waals surface area contributed by atoms with Crippen molar-refractivity contribution in [3.05, 3.63) is 29.8 Å². The number of thioether (sulfide) groups is 1. The smallest absolute Gasteiger partial charge is 0.289 e. The lowest BCUT2D eigenvalue weighted by Crippen LogP contribution is -2.48. The molecule has 0 N–H and O–H groups in total. The Bertz CT molecular complexity index is 920. The maximum atomic E-state index is 12.8. The number of hydrogen-bond acceptors (Lipinski definition) is 7. The van der Waals surface area contributed by atoms with Gasteiger partial charge in [-0.1, -0.05) is 11.8 Å². The van der Waals surface area contributed by atoms with Crippen LogP contribution in [0.1, 0.15) is 23.2 Å². The first-order chi connectivity index (χ1) is 14.4. The lowest BCUT2D eigenvalue weighted by molar-refractivity contribution is -0.126. The van der Waals surface area contributed by atoms with Crippen molar-refractivity contribution < 1.29 is 27.5 Å². The van der Waals surface area contributed by atoms with E-state index >= 15 is 0 Å². The van der Waals surface area contributed by atoms with Crippen LogP contribution < -0.4 is 0 Å². The third kappa shape index (κ3) is 4.11.